The predicted molar refractivity (Wildman–Crippen MR) is 76.2 cm³/mol. The topological polar surface area (TPSA) is 99.2 Å². The maximum Gasteiger partial charge on any atom is 0.267 e. The van der Waals surface area contributed by atoms with Gasteiger partial charge in [-0.3, -0.25) is 9.40 Å². The third-order valence-corrected chi connectivity index (χ3v) is 4.09. The second kappa shape index (κ2) is 5.04. The number of ether oxygens (including phenoxy) is 1. The molecule has 0 aliphatic carbocycles. The van der Waals surface area contributed by atoms with Gasteiger partial charge in [0.15, 0.2) is 5.82 Å². The monoisotopic (exact) mass is 296 g/mol. The summed E-state index contributed by atoms with van der Waals surface area (Å²) in [5, 5.41) is 3.82. The Hall–Kier alpha value is -2.22. The first-order valence-electron chi connectivity index (χ1n) is 5.80. The van der Waals surface area contributed by atoms with Crippen molar-refractivity contribution in [3.63, 3.8) is 0 Å². The number of hydrogen-bond donors (Lipinski definition) is 2. The zero-order valence-electron chi connectivity index (χ0n) is 11.4. The van der Waals surface area contributed by atoms with Crippen LogP contribution in [-0.4, -0.2) is 25.3 Å². The van der Waals surface area contributed by atoms with E-state index in [9.17, 15) is 8.42 Å². The number of nitrogens with zero attached hydrogens (tertiary/aromatic N) is 2. The molecule has 3 N–H and O–H groups in total. The van der Waals surface area contributed by atoms with E-state index in [-0.39, 0.29) is 10.7 Å². The molecule has 1 aromatic carbocycles. The average molecular weight is 296 g/mol. The van der Waals surface area contributed by atoms with Crippen LogP contribution in [0.5, 0.6) is 5.75 Å². The molecule has 0 atom stereocenters. The van der Waals surface area contributed by atoms with Gasteiger partial charge in [0.05, 0.1) is 12.8 Å². The van der Waals surface area contributed by atoms with Gasteiger partial charge in [0.1, 0.15) is 10.6 Å². The van der Waals surface area contributed by atoms with E-state index in [1.165, 1.54) is 18.0 Å². The lowest BCUT2D eigenvalue weighted by molar-refractivity contribution is 0.417. The van der Waals surface area contributed by atoms with Gasteiger partial charge >= 0.3 is 0 Å². The van der Waals surface area contributed by atoms with Crippen molar-refractivity contribution in [2.45, 2.75) is 11.8 Å². The highest BCUT2D eigenvalue weighted by Crippen LogP contribution is 2.28. The first-order chi connectivity index (χ1) is 9.33. The Morgan fingerprint density at radius 2 is 2.10 bits per heavy atom. The summed E-state index contributed by atoms with van der Waals surface area (Å²) in [6.07, 6.45) is 1.35. The fourth-order valence-electron chi connectivity index (χ4n) is 1.79. The summed E-state index contributed by atoms with van der Waals surface area (Å²) in [5.41, 5.74) is 6.86. The van der Waals surface area contributed by atoms with Crippen LogP contribution in [0.4, 0.5) is 11.5 Å². The first kappa shape index (κ1) is 14.2. The van der Waals surface area contributed by atoms with Crippen LogP contribution in [0.3, 0.4) is 0 Å². The number of nitrogens with two attached hydrogens (primary N) is 1. The number of nitrogen functional groups attached to an aromatic ring is 1. The number of methoxy groups -OCH3 is 1. The van der Waals surface area contributed by atoms with Crippen molar-refractivity contribution in [2.75, 3.05) is 17.6 Å². The van der Waals surface area contributed by atoms with Crippen molar-refractivity contribution < 1.29 is 13.2 Å². The smallest absolute Gasteiger partial charge is 0.267 e. The lowest BCUT2D eigenvalue weighted by Gasteiger charge is -2.11. The van der Waals surface area contributed by atoms with E-state index in [0.717, 1.165) is 5.56 Å². The highest BCUT2D eigenvalue weighted by molar-refractivity contribution is 7.92. The van der Waals surface area contributed by atoms with Crippen molar-refractivity contribution in [3.8, 4) is 5.75 Å². The van der Waals surface area contributed by atoms with E-state index in [2.05, 4.69) is 9.82 Å². The SMILES string of the molecule is COc1ccc(C)cc1NS(=O)(=O)c1cn(C)nc1N. The molecule has 0 saturated carbocycles. The third kappa shape index (κ3) is 2.69. The standard InChI is InChI=1S/C12H16N4O3S/c1-8-4-5-10(19-3)9(6-8)15-20(17,18)11-7-16(2)14-12(11)13/h4-7,15H,1-3H3,(H2,13,14). The molecular formula is C12H16N4O3S. The van der Waals surface area contributed by atoms with Crippen LogP contribution in [0.15, 0.2) is 29.3 Å². The number of anilines is 2. The predicted octanol–water partition coefficient (Wildman–Crippen LogP) is 1.12. The molecule has 2 rings (SSSR count). The van der Waals surface area contributed by atoms with Gasteiger partial charge in [-0.2, -0.15) is 5.10 Å². The fraction of sp³-hybridized carbons (Fsp3) is 0.250. The van der Waals surface area contributed by atoms with Gasteiger partial charge in [-0.15, -0.1) is 0 Å². The number of aryl methyl sites for hydroxylation is 2. The molecule has 1 heterocycles. The van der Waals surface area contributed by atoms with Gasteiger partial charge in [-0.25, -0.2) is 8.42 Å². The molecule has 20 heavy (non-hydrogen) atoms. The van der Waals surface area contributed by atoms with Gasteiger partial charge in [0, 0.05) is 13.2 Å². The van der Waals surface area contributed by atoms with Crippen LogP contribution < -0.4 is 15.2 Å². The summed E-state index contributed by atoms with van der Waals surface area (Å²) in [5.74, 6) is 0.383. The fourth-order valence-corrected chi connectivity index (χ4v) is 2.96. The molecule has 0 aliphatic heterocycles. The molecule has 0 fully saturated rings. The molecule has 0 bridgehead atoms. The van der Waals surface area contributed by atoms with Crippen LogP contribution in [-0.2, 0) is 17.1 Å². The molecule has 0 saturated heterocycles. The highest BCUT2D eigenvalue weighted by Gasteiger charge is 2.22. The molecular weight excluding hydrogens is 280 g/mol. The summed E-state index contributed by atoms with van der Waals surface area (Å²) < 4.78 is 33.6. The molecule has 0 spiro atoms. The van der Waals surface area contributed by atoms with E-state index in [1.807, 2.05) is 13.0 Å². The summed E-state index contributed by atoms with van der Waals surface area (Å²) in [6.45, 7) is 1.86. The van der Waals surface area contributed by atoms with E-state index < -0.39 is 10.0 Å². The first-order valence-corrected chi connectivity index (χ1v) is 7.28. The lowest BCUT2D eigenvalue weighted by Crippen LogP contribution is -2.14. The molecule has 1 aromatic heterocycles. The van der Waals surface area contributed by atoms with Crippen LogP contribution in [0.2, 0.25) is 0 Å². The van der Waals surface area contributed by atoms with Gasteiger partial charge in [-0.05, 0) is 24.6 Å². The third-order valence-electron chi connectivity index (χ3n) is 2.71. The van der Waals surface area contributed by atoms with Crippen LogP contribution in [0, 0.1) is 6.92 Å². The number of nitrogens with one attached hydrogen (secondary N) is 1. The van der Waals surface area contributed by atoms with E-state index in [1.54, 1.807) is 19.2 Å². The quantitative estimate of drug-likeness (QED) is 0.880. The Labute approximate surface area is 117 Å². The van der Waals surface area contributed by atoms with Gasteiger partial charge in [-0.1, -0.05) is 6.07 Å². The van der Waals surface area contributed by atoms with Gasteiger partial charge in [0.25, 0.3) is 10.0 Å². The molecule has 0 radical (unpaired) electrons. The van der Waals surface area contributed by atoms with Crippen LogP contribution >= 0.6 is 0 Å². The highest BCUT2D eigenvalue weighted by atomic mass is 32.2. The Kier molecular flexibility index (Phi) is 3.58. The molecule has 108 valence electrons. The molecule has 7 nitrogen and oxygen atoms in total. The average Bonchev–Trinajstić information content (AvgIpc) is 2.69. The Morgan fingerprint density at radius 3 is 2.65 bits per heavy atom. The number of hydrogen-bond acceptors (Lipinski definition) is 5. The van der Waals surface area contributed by atoms with Crippen molar-refractivity contribution in [1.82, 2.24) is 9.78 Å². The Morgan fingerprint density at radius 1 is 1.40 bits per heavy atom. The van der Waals surface area contributed by atoms with Gasteiger partial charge < -0.3 is 10.5 Å². The zero-order valence-corrected chi connectivity index (χ0v) is 12.2. The van der Waals surface area contributed by atoms with E-state index in [0.29, 0.717) is 11.4 Å². The van der Waals surface area contributed by atoms with Crippen molar-refractivity contribution >= 4 is 21.5 Å². The van der Waals surface area contributed by atoms with Crippen LogP contribution in [0.1, 0.15) is 5.56 Å². The normalized spacial score (nSPS) is 11.3. The summed E-state index contributed by atoms with van der Waals surface area (Å²) in [6, 6.07) is 5.21. The number of rotatable bonds is 4. The zero-order chi connectivity index (χ0) is 14.9. The molecule has 0 aliphatic rings. The van der Waals surface area contributed by atoms with Crippen molar-refractivity contribution in [1.29, 1.82) is 0 Å². The largest absolute Gasteiger partial charge is 0.495 e. The number of sulfonamides is 1. The maximum atomic E-state index is 12.3. The Bertz CT molecular complexity index is 737. The minimum atomic E-state index is -3.81. The molecule has 8 heteroatoms. The number of benzene rings is 1. The van der Waals surface area contributed by atoms with Crippen molar-refractivity contribution in [2.24, 2.45) is 7.05 Å². The summed E-state index contributed by atoms with van der Waals surface area (Å²) in [4.78, 5) is -0.0661. The summed E-state index contributed by atoms with van der Waals surface area (Å²) in [7, 11) is -0.738. The van der Waals surface area contributed by atoms with E-state index >= 15 is 0 Å². The van der Waals surface area contributed by atoms with Gasteiger partial charge in [0.2, 0.25) is 0 Å². The molecule has 2 aromatic rings. The molecule has 0 unspecified atom stereocenters. The second-order valence-corrected chi connectivity index (χ2v) is 6.01. The van der Waals surface area contributed by atoms with Crippen LogP contribution in [0.25, 0.3) is 0 Å². The lowest BCUT2D eigenvalue weighted by atomic mass is 10.2. The minimum Gasteiger partial charge on any atom is -0.495 e. The maximum absolute atomic E-state index is 12.3. The van der Waals surface area contributed by atoms with E-state index in [4.69, 9.17) is 10.5 Å². The van der Waals surface area contributed by atoms with Crippen molar-refractivity contribution in [3.05, 3.63) is 30.0 Å². The summed E-state index contributed by atoms with van der Waals surface area (Å²) >= 11 is 0. The minimum absolute atomic E-state index is 0.0494. The number of aromatic nitrogens is 2. The second-order valence-electron chi connectivity index (χ2n) is 4.36. The molecule has 0 amide bonds. The Balaban J connectivity index is 2.43.